The van der Waals surface area contributed by atoms with E-state index in [2.05, 4.69) is 16.2 Å². The Morgan fingerprint density at radius 3 is 2.79 bits per heavy atom. The van der Waals surface area contributed by atoms with Crippen LogP contribution < -0.4 is 16.2 Å². The van der Waals surface area contributed by atoms with Crippen LogP contribution in [0.5, 0.6) is 5.75 Å². The van der Waals surface area contributed by atoms with Gasteiger partial charge in [-0.25, -0.2) is 0 Å². The van der Waals surface area contributed by atoms with Gasteiger partial charge in [0.2, 0.25) is 0 Å². The minimum atomic E-state index is -0.439. The molecule has 0 aromatic heterocycles. The summed E-state index contributed by atoms with van der Waals surface area (Å²) in [5.74, 6) is 0.548. The van der Waals surface area contributed by atoms with Crippen LogP contribution in [0.3, 0.4) is 0 Å². The van der Waals surface area contributed by atoms with Crippen molar-refractivity contribution >= 4 is 35.0 Å². The van der Waals surface area contributed by atoms with Crippen molar-refractivity contribution in [3.8, 4) is 5.75 Å². The first-order valence-electron chi connectivity index (χ1n) is 5.76. The van der Waals surface area contributed by atoms with Gasteiger partial charge in [-0.05, 0) is 42.8 Å². The Kier molecular flexibility index (Phi) is 7.06. The van der Waals surface area contributed by atoms with E-state index in [0.29, 0.717) is 5.11 Å². The van der Waals surface area contributed by atoms with Gasteiger partial charge in [-0.2, -0.15) is 11.8 Å². The van der Waals surface area contributed by atoms with E-state index in [1.54, 1.807) is 23.9 Å². The molecule has 7 heteroatoms. The highest BCUT2D eigenvalue weighted by Crippen LogP contribution is 2.14. The van der Waals surface area contributed by atoms with E-state index in [1.807, 2.05) is 6.26 Å². The maximum absolute atomic E-state index is 11.7. The van der Waals surface area contributed by atoms with Crippen LogP contribution in [0.2, 0.25) is 0 Å². The summed E-state index contributed by atoms with van der Waals surface area (Å²) in [7, 11) is 0. The number of benzene rings is 1. The second-order valence-electron chi connectivity index (χ2n) is 3.70. The molecule has 0 spiro atoms. The summed E-state index contributed by atoms with van der Waals surface area (Å²) in [5, 5.41) is 12.8. The molecule has 1 aromatic carbocycles. The van der Waals surface area contributed by atoms with Gasteiger partial charge >= 0.3 is 0 Å². The lowest BCUT2D eigenvalue weighted by Gasteiger charge is -2.11. The average Bonchev–Trinajstić information content (AvgIpc) is 2.41. The van der Waals surface area contributed by atoms with Crippen molar-refractivity contribution in [2.75, 3.05) is 18.6 Å². The van der Waals surface area contributed by atoms with Crippen LogP contribution in [0.1, 0.15) is 16.8 Å². The normalized spacial score (nSPS) is 9.74. The zero-order valence-corrected chi connectivity index (χ0v) is 12.2. The molecule has 0 heterocycles. The zero-order valence-electron chi connectivity index (χ0n) is 10.6. The van der Waals surface area contributed by atoms with E-state index in [0.717, 1.165) is 18.7 Å². The highest BCUT2D eigenvalue weighted by Gasteiger charge is 2.09. The van der Waals surface area contributed by atoms with Gasteiger partial charge in [-0.3, -0.25) is 15.6 Å². The second-order valence-corrected chi connectivity index (χ2v) is 5.09. The number of hydrogen-bond acceptors (Lipinski definition) is 4. The molecule has 0 unspecified atom stereocenters. The fourth-order valence-corrected chi connectivity index (χ4v) is 1.90. The van der Waals surface area contributed by atoms with Crippen LogP contribution in [0.4, 0.5) is 0 Å². The number of amides is 1. The molecule has 19 heavy (non-hydrogen) atoms. The predicted molar refractivity (Wildman–Crippen MR) is 82.3 cm³/mol. The Bertz CT molecular complexity index is 441. The zero-order chi connectivity index (χ0) is 14.1. The molecular weight excluding hydrogens is 282 g/mol. The Hall–Kier alpha value is -1.47. The first-order chi connectivity index (χ1) is 9.15. The minimum Gasteiger partial charge on any atom is -0.507 e. The molecule has 1 rings (SSSR count). The average molecular weight is 299 g/mol. The van der Waals surface area contributed by atoms with E-state index < -0.39 is 5.91 Å². The number of thioether (sulfide) groups is 1. The summed E-state index contributed by atoms with van der Waals surface area (Å²) >= 11 is 6.77. The number of carbonyl (C=O) groups excluding carboxylic acids is 1. The lowest BCUT2D eigenvalue weighted by molar-refractivity contribution is 0.0941. The van der Waals surface area contributed by atoms with E-state index in [9.17, 15) is 9.90 Å². The van der Waals surface area contributed by atoms with Gasteiger partial charge < -0.3 is 10.4 Å². The van der Waals surface area contributed by atoms with Crippen molar-refractivity contribution in [3.05, 3.63) is 29.8 Å². The fourth-order valence-electron chi connectivity index (χ4n) is 1.31. The molecule has 0 saturated carbocycles. The van der Waals surface area contributed by atoms with Crippen LogP contribution >= 0.6 is 24.0 Å². The summed E-state index contributed by atoms with van der Waals surface area (Å²) in [6.45, 7) is 0.749. The first-order valence-corrected chi connectivity index (χ1v) is 7.56. The largest absolute Gasteiger partial charge is 0.507 e. The van der Waals surface area contributed by atoms with Crippen molar-refractivity contribution in [1.82, 2.24) is 16.2 Å². The van der Waals surface area contributed by atoms with Crippen LogP contribution in [-0.2, 0) is 0 Å². The Labute approximate surface area is 122 Å². The standard InChI is InChI=1S/C12H17N3O2S2/c1-19-8-4-7-13-12(18)15-14-11(17)9-5-2-3-6-10(9)16/h2-3,5-6,16H,4,7-8H2,1H3,(H,14,17)(H2,13,15,18). The monoisotopic (exact) mass is 299 g/mol. The number of phenolic OH excluding ortho intramolecular Hbond substituents is 1. The quantitative estimate of drug-likeness (QED) is 0.373. The van der Waals surface area contributed by atoms with Gasteiger partial charge in [-0.15, -0.1) is 0 Å². The number of para-hydroxylation sites is 1. The molecule has 0 fully saturated rings. The van der Waals surface area contributed by atoms with Crippen LogP contribution in [0.15, 0.2) is 24.3 Å². The molecule has 5 nitrogen and oxygen atoms in total. The minimum absolute atomic E-state index is 0.0688. The van der Waals surface area contributed by atoms with E-state index in [1.165, 1.54) is 12.1 Å². The van der Waals surface area contributed by atoms with Gasteiger partial charge in [0.05, 0.1) is 5.56 Å². The van der Waals surface area contributed by atoms with E-state index in [-0.39, 0.29) is 11.3 Å². The number of hydrogen-bond donors (Lipinski definition) is 4. The van der Waals surface area contributed by atoms with Crippen molar-refractivity contribution in [1.29, 1.82) is 0 Å². The molecule has 1 aromatic rings. The number of nitrogens with one attached hydrogen (secondary N) is 3. The van der Waals surface area contributed by atoms with E-state index >= 15 is 0 Å². The van der Waals surface area contributed by atoms with Crippen LogP contribution in [0.25, 0.3) is 0 Å². The third-order valence-corrected chi connectivity index (χ3v) is 3.19. The molecule has 4 N–H and O–H groups in total. The summed E-state index contributed by atoms with van der Waals surface area (Å²) in [5.41, 5.74) is 5.21. The molecule has 0 aliphatic heterocycles. The Morgan fingerprint density at radius 1 is 1.37 bits per heavy atom. The molecule has 0 aliphatic rings. The van der Waals surface area contributed by atoms with Crippen molar-refractivity contribution in [2.45, 2.75) is 6.42 Å². The maximum Gasteiger partial charge on any atom is 0.273 e. The molecule has 0 saturated heterocycles. The van der Waals surface area contributed by atoms with E-state index in [4.69, 9.17) is 12.2 Å². The van der Waals surface area contributed by atoms with Crippen molar-refractivity contribution < 1.29 is 9.90 Å². The third-order valence-electron chi connectivity index (χ3n) is 2.25. The summed E-state index contributed by atoms with van der Waals surface area (Å²) in [6.07, 6.45) is 3.04. The lowest BCUT2D eigenvalue weighted by atomic mass is 10.2. The Morgan fingerprint density at radius 2 is 2.11 bits per heavy atom. The Balaban J connectivity index is 2.30. The van der Waals surface area contributed by atoms with Crippen LogP contribution in [0, 0.1) is 0 Å². The molecule has 0 aliphatic carbocycles. The molecule has 0 bridgehead atoms. The third kappa shape index (κ3) is 5.80. The lowest BCUT2D eigenvalue weighted by Crippen LogP contribution is -2.47. The molecule has 0 radical (unpaired) electrons. The SMILES string of the molecule is CSCCCNC(=S)NNC(=O)c1ccccc1O. The first kappa shape index (κ1) is 15.6. The second kappa shape index (κ2) is 8.60. The molecule has 0 atom stereocenters. The predicted octanol–water partition coefficient (Wildman–Crippen LogP) is 1.25. The van der Waals surface area contributed by atoms with Crippen molar-refractivity contribution in [3.63, 3.8) is 0 Å². The van der Waals surface area contributed by atoms with Gasteiger partial charge in [0.1, 0.15) is 5.75 Å². The van der Waals surface area contributed by atoms with Gasteiger partial charge in [0.25, 0.3) is 5.91 Å². The smallest absolute Gasteiger partial charge is 0.273 e. The number of aromatic hydroxyl groups is 1. The van der Waals surface area contributed by atoms with Crippen LogP contribution in [-0.4, -0.2) is 34.7 Å². The topological polar surface area (TPSA) is 73.4 Å². The summed E-state index contributed by atoms with van der Waals surface area (Å²) in [6, 6.07) is 6.31. The molecular formula is C12H17N3O2S2. The number of phenols is 1. The maximum atomic E-state index is 11.7. The number of hydrazine groups is 1. The molecule has 104 valence electrons. The highest BCUT2D eigenvalue weighted by molar-refractivity contribution is 7.98. The fraction of sp³-hybridized carbons (Fsp3) is 0.333. The molecule has 1 amide bonds. The van der Waals surface area contributed by atoms with Gasteiger partial charge in [-0.1, -0.05) is 12.1 Å². The van der Waals surface area contributed by atoms with Gasteiger partial charge in [0, 0.05) is 6.54 Å². The summed E-state index contributed by atoms with van der Waals surface area (Å²) < 4.78 is 0. The number of carbonyl (C=O) groups is 1. The highest BCUT2D eigenvalue weighted by atomic mass is 32.2. The van der Waals surface area contributed by atoms with Gasteiger partial charge in [0.15, 0.2) is 5.11 Å². The van der Waals surface area contributed by atoms with Crippen molar-refractivity contribution in [2.24, 2.45) is 0 Å². The number of thiocarbonyl (C=S) groups is 1. The number of rotatable bonds is 5. The summed E-state index contributed by atoms with van der Waals surface area (Å²) in [4.78, 5) is 11.7.